The van der Waals surface area contributed by atoms with Gasteiger partial charge in [-0.25, -0.2) is 0 Å². The summed E-state index contributed by atoms with van der Waals surface area (Å²) in [5.41, 5.74) is 0. The lowest BCUT2D eigenvalue weighted by Gasteiger charge is -2.19. The van der Waals surface area contributed by atoms with Crippen LogP contribution in [0.3, 0.4) is 0 Å². The van der Waals surface area contributed by atoms with Crippen LogP contribution < -0.4 is 5.32 Å². The van der Waals surface area contributed by atoms with Crippen LogP contribution in [0.1, 0.15) is 142 Å². The van der Waals surface area contributed by atoms with Gasteiger partial charge in [-0.05, 0) is 122 Å². The van der Waals surface area contributed by atoms with Gasteiger partial charge in [-0.2, -0.15) is 0 Å². The summed E-state index contributed by atoms with van der Waals surface area (Å²) in [6.45, 7) is 3.90. The van der Waals surface area contributed by atoms with Crippen molar-refractivity contribution >= 4 is 5.91 Å². The first kappa shape index (κ1) is 53.8. The lowest BCUT2D eigenvalue weighted by atomic mass is 10.1. The van der Waals surface area contributed by atoms with Gasteiger partial charge in [-0.1, -0.05) is 183 Å². The first-order valence-electron chi connectivity index (χ1n) is 22.3. The summed E-state index contributed by atoms with van der Waals surface area (Å²) in [6.07, 6.45) is 79.2. The minimum atomic E-state index is -0.894. The van der Waals surface area contributed by atoms with Gasteiger partial charge < -0.3 is 15.5 Å². The predicted molar refractivity (Wildman–Crippen MR) is 257 cm³/mol. The molecule has 4 heteroatoms. The lowest BCUT2D eigenvalue weighted by Crippen LogP contribution is -2.45. The van der Waals surface area contributed by atoms with Gasteiger partial charge in [0.05, 0.1) is 18.8 Å². The molecule has 0 aromatic heterocycles. The van der Waals surface area contributed by atoms with Crippen LogP contribution in [0.15, 0.2) is 170 Å². The Balaban J connectivity index is 3.77. The van der Waals surface area contributed by atoms with Gasteiger partial charge in [0.1, 0.15) is 0 Å². The van der Waals surface area contributed by atoms with E-state index in [9.17, 15) is 15.0 Å². The zero-order chi connectivity index (χ0) is 42.1. The molecule has 2 atom stereocenters. The van der Waals surface area contributed by atoms with E-state index >= 15 is 0 Å². The van der Waals surface area contributed by atoms with Crippen molar-refractivity contribution in [3.05, 3.63) is 170 Å². The molecule has 320 valence electrons. The van der Waals surface area contributed by atoms with E-state index < -0.39 is 12.1 Å². The van der Waals surface area contributed by atoms with Gasteiger partial charge in [-0.3, -0.25) is 4.79 Å². The second kappa shape index (κ2) is 47.1. The van der Waals surface area contributed by atoms with E-state index in [-0.39, 0.29) is 12.5 Å². The first-order chi connectivity index (χ1) is 28.7. The van der Waals surface area contributed by atoms with Crippen LogP contribution in [-0.2, 0) is 4.79 Å². The Morgan fingerprint density at radius 3 is 1.17 bits per heavy atom. The topological polar surface area (TPSA) is 69.6 Å². The summed E-state index contributed by atoms with van der Waals surface area (Å²) >= 11 is 0. The molecule has 0 radical (unpaired) electrons. The molecular weight excluding hydrogens is 711 g/mol. The molecule has 0 aromatic rings. The fourth-order valence-corrected chi connectivity index (χ4v) is 5.39. The highest BCUT2D eigenvalue weighted by Crippen LogP contribution is 2.07. The number of carbonyl (C=O) groups is 1. The minimum Gasteiger partial charge on any atom is -0.394 e. The van der Waals surface area contributed by atoms with Crippen LogP contribution in [0.2, 0.25) is 0 Å². The van der Waals surface area contributed by atoms with Crippen LogP contribution in [0.4, 0.5) is 0 Å². The van der Waals surface area contributed by atoms with Crippen molar-refractivity contribution in [1.29, 1.82) is 0 Å². The number of aliphatic hydroxyl groups is 2. The molecule has 0 spiro atoms. The van der Waals surface area contributed by atoms with Gasteiger partial charge >= 0.3 is 0 Å². The number of carbonyl (C=O) groups excluding carboxylic acids is 1. The van der Waals surface area contributed by atoms with Gasteiger partial charge in [-0.15, -0.1) is 0 Å². The van der Waals surface area contributed by atoms with E-state index in [4.69, 9.17) is 0 Å². The second-order valence-electron chi connectivity index (χ2n) is 14.0. The molecule has 0 heterocycles. The Morgan fingerprint density at radius 1 is 0.448 bits per heavy atom. The maximum atomic E-state index is 12.3. The monoisotopic (exact) mass is 792 g/mol. The third kappa shape index (κ3) is 42.9. The first-order valence-corrected chi connectivity index (χ1v) is 22.3. The smallest absolute Gasteiger partial charge is 0.220 e. The fourth-order valence-electron chi connectivity index (χ4n) is 5.39. The van der Waals surface area contributed by atoms with Crippen molar-refractivity contribution in [2.24, 2.45) is 0 Å². The summed E-state index contributed by atoms with van der Waals surface area (Å²) in [6, 6.07) is -0.674. The molecule has 2 unspecified atom stereocenters. The Labute approximate surface area is 356 Å². The van der Waals surface area contributed by atoms with Crippen molar-refractivity contribution in [1.82, 2.24) is 5.32 Å². The van der Waals surface area contributed by atoms with E-state index in [1.54, 1.807) is 6.08 Å². The van der Waals surface area contributed by atoms with Gasteiger partial charge in [0.25, 0.3) is 0 Å². The van der Waals surface area contributed by atoms with E-state index in [0.717, 1.165) is 122 Å². The zero-order valence-corrected chi connectivity index (χ0v) is 36.5. The third-order valence-electron chi connectivity index (χ3n) is 8.76. The second-order valence-corrected chi connectivity index (χ2v) is 14.0. The molecule has 0 bridgehead atoms. The van der Waals surface area contributed by atoms with Crippen molar-refractivity contribution in [3.63, 3.8) is 0 Å². The van der Waals surface area contributed by atoms with Crippen LogP contribution >= 0.6 is 0 Å². The van der Waals surface area contributed by atoms with E-state index in [0.29, 0.717) is 6.42 Å². The highest BCUT2D eigenvalue weighted by Gasteiger charge is 2.17. The highest BCUT2D eigenvalue weighted by atomic mass is 16.3. The molecule has 58 heavy (non-hydrogen) atoms. The molecule has 1 amide bonds. The molecule has 3 N–H and O–H groups in total. The molecule has 4 nitrogen and oxygen atoms in total. The molecule has 0 fully saturated rings. The van der Waals surface area contributed by atoms with E-state index in [1.165, 1.54) is 0 Å². The van der Waals surface area contributed by atoms with Gasteiger partial charge in [0.15, 0.2) is 0 Å². The largest absolute Gasteiger partial charge is 0.394 e. The summed E-state index contributed by atoms with van der Waals surface area (Å²) in [7, 11) is 0. The number of nitrogens with one attached hydrogen (secondary N) is 1. The van der Waals surface area contributed by atoms with Crippen molar-refractivity contribution in [2.75, 3.05) is 6.61 Å². The number of amides is 1. The summed E-state index contributed by atoms with van der Waals surface area (Å²) in [5.74, 6) is -0.123. The quantitative estimate of drug-likeness (QED) is 0.0433. The third-order valence-corrected chi connectivity index (χ3v) is 8.76. The number of rotatable bonds is 37. The predicted octanol–water partition coefficient (Wildman–Crippen LogP) is 14.5. The fraction of sp³-hybridized carbons (Fsp3) is 0.463. The van der Waals surface area contributed by atoms with Crippen molar-refractivity contribution < 1.29 is 15.0 Å². The van der Waals surface area contributed by atoms with Crippen molar-refractivity contribution in [3.8, 4) is 0 Å². The number of hydrogen-bond donors (Lipinski definition) is 3. The van der Waals surface area contributed by atoms with E-state index in [2.05, 4.69) is 170 Å². The molecule has 0 aliphatic carbocycles. The van der Waals surface area contributed by atoms with Crippen LogP contribution in [0.5, 0.6) is 0 Å². The van der Waals surface area contributed by atoms with Crippen LogP contribution in [0.25, 0.3) is 0 Å². The summed E-state index contributed by atoms with van der Waals surface area (Å²) in [4.78, 5) is 12.3. The Hall–Kier alpha value is -4.25. The molecule has 0 aliphatic rings. The highest BCUT2D eigenvalue weighted by molar-refractivity contribution is 5.76. The maximum Gasteiger partial charge on any atom is 0.220 e. The Kier molecular flexibility index (Phi) is 43.7. The van der Waals surface area contributed by atoms with E-state index in [1.807, 2.05) is 13.0 Å². The molecule has 0 aliphatic heterocycles. The standard InChI is InChI=1S/C54H81NO3/c1-3-5-7-9-11-13-14-15-16-17-18-19-20-21-22-23-24-25-26-27-28-29-30-31-32-33-34-35-36-37-38-39-40-42-44-46-48-50-54(58)55-52(51-56)53(57)49-47-45-43-41-12-10-8-6-4-2/h4-7,11-13,15-16,18-19,21-22,24-25,27-28,30-31,33-34,36-37,39-41,47,49,52-53,56-57H,3,8-10,14,17,20,23,26,29,32,35,38,42-46,48,50-51H2,1-2H3,(H,55,58)/b6-4+,7-5-,13-11-,16-15-,19-18-,22-21-,25-24-,28-27-,31-30-,34-33-,37-36-,40-39-,41-12+,49-47+. The van der Waals surface area contributed by atoms with Crippen LogP contribution in [-0.4, -0.2) is 34.9 Å². The summed E-state index contributed by atoms with van der Waals surface area (Å²) in [5, 5.41) is 22.8. The van der Waals surface area contributed by atoms with Crippen molar-refractivity contribution in [2.45, 2.75) is 154 Å². The number of hydrogen-bond acceptors (Lipinski definition) is 3. The average Bonchev–Trinajstić information content (AvgIpc) is 3.23. The normalized spacial score (nSPS) is 14.6. The number of aliphatic hydroxyl groups excluding tert-OH is 2. The van der Waals surface area contributed by atoms with Crippen LogP contribution in [0, 0.1) is 0 Å². The Bertz CT molecular complexity index is 1360. The minimum absolute atomic E-state index is 0.123. The lowest BCUT2D eigenvalue weighted by molar-refractivity contribution is -0.123. The average molecular weight is 792 g/mol. The Morgan fingerprint density at radius 2 is 0.793 bits per heavy atom. The van der Waals surface area contributed by atoms with Gasteiger partial charge in [0.2, 0.25) is 5.91 Å². The molecular formula is C54H81NO3. The summed E-state index contributed by atoms with van der Waals surface area (Å²) < 4.78 is 0. The van der Waals surface area contributed by atoms with Gasteiger partial charge in [0, 0.05) is 6.42 Å². The SMILES string of the molecule is C/C=C/CC/C=C/CC/C=C/C(O)C(CO)NC(=O)CCCCC/C=C\C/C=C\C/C=C\C/C=C\C/C=C\C/C=C\C/C=C\C/C=C\C/C=C\C/C=C\C/C=C\CC. The molecule has 0 saturated carbocycles. The number of unbranched alkanes of at least 4 members (excludes halogenated alkanes) is 5. The maximum absolute atomic E-state index is 12.3. The zero-order valence-electron chi connectivity index (χ0n) is 36.5. The molecule has 0 aromatic carbocycles. The number of allylic oxidation sites excluding steroid dienone is 27. The molecule has 0 rings (SSSR count). The molecule has 0 saturated heterocycles.